The van der Waals surface area contributed by atoms with Crippen LogP contribution in [0.2, 0.25) is 0 Å². The topological polar surface area (TPSA) is 63.6 Å². The van der Waals surface area contributed by atoms with Gasteiger partial charge in [-0.25, -0.2) is 0 Å². The van der Waals surface area contributed by atoms with Crippen molar-refractivity contribution in [3.63, 3.8) is 0 Å². The Morgan fingerprint density at radius 3 is 2.44 bits per heavy atom. The van der Waals surface area contributed by atoms with Crippen molar-refractivity contribution < 1.29 is 17.7 Å². The quantitative estimate of drug-likeness (QED) is 0.864. The fraction of sp³-hybridized carbons (Fsp3) is 0.231. The highest BCUT2D eigenvalue weighted by molar-refractivity contribution is 7.86. The molecule has 2 rings (SSSR count). The molecule has 0 aliphatic carbocycles. The highest BCUT2D eigenvalue weighted by atomic mass is 32.2. The zero-order valence-corrected chi connectivity index (χ0v) is 10.8. The Hall–Kier alpha value is -1.59. The van der Waals surface area contributed by atoms with Crippen LogP contribution in [0.5, 0.6) is 5.75 Å². The SMILES string of the molecule is CCCOc1cccc2cccc(S(=O)(=O)O)c12. The van der Waals surface area contributed by atoms with Crippen LogP contribution in [-0.2, 0) is 10.1 Å². The molecule has 0 unspecified atom stereocenters. The van der Waals surface area contributed by atoms with E-state index in [9.17, 15) is 13.0 Å². The monoisotopic (exact) mass is 266 g/mol. The summed E-state index contributed by atoms with van der Waals surface area (Å²) in [7, 11) is -4.26. The van der Waals surface area contributed by atoms with E-state index in [0.717, 1.165) is 11.8 Å². The summed E-state index contributed by atoms with van der Waals surface area (Å²) in [6, 6.07) is 10.0. The van der Waals surface area contributed by atoms with Crippen LogP contribution in [0, 0.1) is 0 Å². The van der Waals surface area contributed by atoms with Gasteiger partial charge in [-0.1, -0.05) is 31.2 Å². The summed E-state index contributed by atoms with van der Waals surface area (Å²) in [6.07, 6.45) is 0.824. The van der Waals surface area contributed by atoms with Gasteiger partial charge in [0.15, 0.2) is 0 Å². The van der Waals surface area contributed by atoms with Crippen LogP contribution in [0.1, 0.15) is 13.3 Å². The molecule has 0 saturated carbocycles. The lowest BCUT2D eigenvalue weighted by Crippen LogP contribution is -2.02. The maximum Gasteiger partial charge on any atom is 0.295 e. The number of ether oxygens (including phenoxy) is 1. The molecule has 0 atom stereocenters. The van der Waals surface area contributed by atoms with Gasteiger partial charge in [0.25, 0.3) is 10.1 Å². The lowest BCUT2D eigenvalue weighted by Gasteiger charge is -2.10. The van der Waals surface area contributed by atoms with E-state index in [0.29, 0.717) is 17.7 Å². The molecule has 0 aliphatic rings. The zero-order valence-electron chi connectivity index (χ0n) is 9.96. The van der Waals surface area contributed by atoms with E-state index < -0.39 is 10.1 Å². The van der Waals surface area contributed by atoms with Crippen LogP contribution in [0.4, 0.5) is 0 Å². The molecule has 4 nitrogen and oxygen atoms in total. The molecule has 96 valence electrons. The molecule has 0 bridgehead atoms. The van der Waals surface area contributed by atoms with Crippen LogP contribution in [0.15, 0.2) is 41.3 Å². The number of rotatable bonds is 4. The van der Waals surface area contributed by atoms with Gasteiger partial charge < -0.3 is 4.74 Å². The van der Waals surface area contributed by atoms with E-state index in [4.69, 9.17) is 4.74 Å². The second-order valence-corrected chi connectivity index (χ2v) is 5.32. The molecule has 0 aliphatic heterocycles. The van der Waals surface area contributed by atoms with Crippen LogP contribution in [-0.4, -0.2) is 19.6 Å². The van der Waals surface area contributed by atoms with Crippen LogP contribution in [0.3, 0.4) is 0 Å². The number of benzene rings is 2. The fourth-order valence-corrected chi connectivity index (χ4v) is 2.55. The third kappa shape index (κ3) is 2.47. The predicted octanol–water partition coefficient (Wildman–Crippen LogP) is 2.88. The maximum absolute atomic E-state index is 11.4. The number of fused-ring (bicyclic) bond motifs is 1. The van der Waals surface area contributed by atoms with Gasteiger partial charge in [-0.15, -0.1) is 0 Å². The van der Waals surface area contributed by atoms with E-state index in [1.165, 1.54) is 6.07 Å². The van der Waals surface area contributed by atoms with Gasteiger partial charge in [-0.05, 0) is 23.9 Å². The molecular weight excluding hydrogens is 252 g/mol. The van der Waals surface area contributed by atoms with Crippen molar-refractivity contribution in [3.8, 4) is 5.75 Å². The van der Waals surface area contributed by atoms with Gasteiger partial charge in [0.05, 0.1) is 6.61 Å². The average molecular weight is 266 g/mol. The molecule has 0 aromatic heterocycles. The number of hydrogen-bond donors (Lipinski definition) is 1. The van der Waals surface area contributed by atoms with E-state index in [1.54, 1.807) is 30.3 Å². The molecule has 2 aromatic rings. The molecule has 18 heavy (non-hydrogen) atoms. The van der Waals surface area contributed by atoms with Crippen molar-refractivity contribution in [1.29, 1.82) is 0 Å². The Balaban J connectivity index is 2.72. The van der Waals surface area contributed by atoms with E-state index in [1.807, 2.05) is 6.92 Å². The number of hydrogen-bond acceptors (Lipinski definition) is 3. The van der Waals surface area contributed by atoms with Gasteiger partial charge in [-0.2, -0.15) is 8.42 Å². The Bertz CT molecular complexity index is 656. The minimum Gasteiger partial charge on any atom is -0.493 e. The highest BCUT2D eigenvalue weighted by Crippen LogP contribution is 2.31. The molecule has 0 saturated heterocycles. The molecule has 0 heterocycles. The first-order valence-corrected chi connectivity index (χ1v) is 7.10. The molecule has 1 N–H and O–H groups in total. The van der Waals surface area contributed by atoms with E-state index in [-0.39, 0.29) is 4.90 Å². The fourth-order valence-electron chi connectivity index (χ4n) is 1.82. The Morgan fingerprint density at radius 2 is 1.83 bits per heavy atom. The van der Waals surface area contributed by atoms with Gasteiger partial charge in [0, 0.05) is 5.39 Å². The van der Waals surface area contributed by atoms with Crippen molar-refractivity contribution in [3.05, 3.63) is 36.4 Å². The smallest absolute Gasteiger partial charge is 0.295 e. The summed E-state index contributed by atoms with van der Waals surface area (Å²) >= 11 is 0. The van der Waals surface area contributed by atoms with Crippen molar-refractivity contribution in [2.45, 2.75) is 18.2 Å². The van der Waals surface area contributed by atoms with Crippen LogP contribution < -0.4 is 4.74 Å². The second kappa shape index (κ2) is 4.96. The normalized spacial score (nSPS) is 11.7. The first kappa shape index (κ1) is 12.9. The van der Waals surface area contributed by atoms with E-state index in [2.05, 4.69) is 0 Å². The molecule has 0 amide bonds. The minimum atomic E-state index is -4.26. The summed E-state index contributed by atoms with van der Waals surface area (Å²) in [6.45, 7) is 2.47. The van der Waals surface area contributed by atoms with Crippen molar-refractivity contribution in [1.82, 2.24) is 0 Å². The zero-order chi connectivity index (χ0) is 13.2. The third-order valence-corrected chi connectivity index (χ3v) is 3.46. The summed E-state index contributed by atoms with van der Waals surface area (Å²) in [5.41, 5.74) is 0. The minimum absolute atomic E-state index is 0.119. The van der Waals surface area contributed by atoms with Gasteiger partial charge in [0.2, 0.25) is 0 Å². The molecular formula is C13H14O4S. The van der Waals surface area contributed by atoms with Gasteiger partial charge >= 0.3 is 0 Å². The second-order valence-electron chi connectivity index (χ2n) is 3.93. The summed E-state index contributed by atoms with van der Waals surface area (Å²) < 4.78 is 37.5. The van der Waals surface area contributed by atoms with Crippen LogP contribution >= 0.6 is 0 Å². The van der Waals surface area contributed by atoms with Gasteiger partial charge in [-0.3, -0.25) is 4.55 Å². The largest absolute Gasteiger partial charge is 0.493 e. The first-order valence-electron chi connectivity index (χ1n) is 5.66. The van der Waals surface area contributed by atoms with E-state index >= 15 is 0 Å². The maximum atomic E-state index is 11.4. The average Bonchev–Trinajstić information content (AvgIpc) is 2.34. The van der Waals surface area contributed by atoms with Crippen molar-refractivity contribution in [2.24, 2.45) is 0 Å². The predicted molar refractivity (Wildman–Crippen MR) is 69.5 cm³/mol. The molecule has 0 radical (unpaired) electrons. The standard InChI is InChI=1S/C13H14O4S/c1-2-9-17-11-7-3-5-10-6-4-8-12(13(10)11)18(14,15)16/h3-8H,2,9H2,1H3,(H,14,15,16). The molecule has 2 aromatic carbocycles. The lowest BCUT2D eigenvalue weighted by molar-refractivity contribution is 0.320. The lowest BCUT2D eigenvalue weighted by atomic mass is 10.1. The van der Waals surface area contributed by atoms with Crippen molar-refractivity contribution in [2.75, 3.05) is 6.61 Å². The van der Waals surface area contributed by atoms with Gasteiger partial charge in [0.1, 0.15) is 10.6 Å². The molecule has 5 heteroatoms. The Kier molecular flexibility index (Phi) is 3.54. The molecule has 0 spiro atoms. The molecule has 0 fully saturated rings. The van der Waals surface area contributed by atoms with Crippen LogP contribution in [0.25, 0.3) is 10.8 Å². The summed E-state index contributed by atoms with van der Waals surface area (Å²) in [5, 5.41) is 1.15. The Morgan fingerprint density at radius 1 is 1.17 bits per heavy atom. The first-order chi connectivity index (χ1) is 8.54. The third-order valence-electron chi connectivity index (χ3n) is 2.57. The summed E-state index contributed by atoms with van der Waals surface area (Å²) in [5.74, 6) is 0.475. The summed E-state index contributed by atoms with van der Waals surface area (Å²) in [4.78, 5) is -0.119. The van der Waals surface area contributed by atoms with Crippen molar-refractivity contribution >= 4 is 20.9 Å². The highest BCUT2D eigenvalue weighted by Gasteiger charge is 2.16. The Labute approximate surface area is 106 Å².